The number of nitrogens with zero attached hydrogens (tertiary/aromatic N) is 3. The monoisotopic (exact) mass is 383 g/mol. The maximum absolute atomic E-state index is 12.2. The summed E-state index contributed by atoms with van der Waals surface area (Å²) in [6, 6.07) is 10.6. The highest BCUT2D eigenvalue weighted by atomic mass is 16.1. The summed E-state index contributed by atoms with van der Waals surface area (Å²) in [6.45, 7) is 12.4. The van der Waals surface area contributed by atoms with E-state index in [0.29, 0.717) is 18.2 Å². The first-order valence-electron chi connectivity index (χ1n) is 10.4. The van der Waals surface area contributed by atoms with Crippen molar-refractivity contribution in [3.63, 3.8) is 0 Å². The van der Waals surface area contributed by atoms with Crippen LogP contribution in [-0.4, -0.2) is 60.3 Å². The number of hydrogen-bond acceptors (Lipinski definition) is 4. The molecular weight excluding hydrogens is 350 g/mol. The highest BCUT2D eigenvalue weighted by molar-refractivity contribution is 5.92. The van der Waals surface area contributed by atoms with Gasteiger partial charge in [0.25, 0.3) is 5.91 Å². The number of anilines is 1. The molecule has 1 aromatic carbocycles. The lowest BCUT2D eigenvalue weighted by Gasteiger charge is -2.36. The van der Waals surface area contributed by atoms with Crippen LogP contribution in [-0.2, 0) is 6.42 Å². The summed E-state index contributed by atoms with van der Waals surface area (Å²) >= 11 is 0. The number of aryl methyl sites for hydroxylation is 1. The van der Waals surface area contributed by atoms with Crippen LogP contribution in [0.1, 0.15) is 42.0 Å². The molecule has 0 bridgehead atoms. The van der Waals surface area contributed by atoms with E-state index >= 15 is 0 Å². The molecule has 2 heterocycles. The third kappa shape index (κ3) is 5.83. The highest BCUT2D eigenvalue weighted by Crippen LogP contribution is 2.17. The number of aromatic nitrogens is 2. The fourth-order valence-electron chi connectivity index (χ4n) is 3.67. The van der Waals surface area contributed by atoms with Gasteiger partial charge in [0.2, 0.25) is 0 Å². The quantitative estimate of drug-likeness (QED) is 0.688. The van der Waals surface area contributed by atoms with E-state index in [1.54, 1.807) is 0 Å². The van der Waals surface area contributed by atoms with Crippen LogP contribution in [0.5, 0.6) is 0 Å². The molecular formula is C22H33N5O. The van der Waals surface area contributed by atoms with Crippen LogP contribution in [0.15, 0.2) is 30.3 Å². The van der Waals surface area contributed by atoms with Gasteiger partial charge < -0.3 is 10.2 Å². The second kappa shape index (κ2) is 9.73. The Balaban J connectivity index is 1.34. The minimum absolute atomic E-state index is 0.0875. The summed E-state index contributed by atoms with van der Waals surface area (Å²) in [5.74, 6) is 0.457. The van der Waals surface area contributed by atoms with Gasteiger partial charge >= 0.3 is 0 Å². The zero-order chi connectivity index (χ0) is 19.9. The lowest BCUT2D eigenvalue weighted by Crippen LogP contribution is -2.47. The lowest BCUT2D eigenvalue weighted by molar-refractivity contribution is 0.0946. The molecule has 152 valence electrons. The van der Waals surface area contributed by atoms with E-state index in [1.165, 1.54) is 11.3 Å². The van der Waals surface area contributed by atoms with Crippen molar-refractivity contribution < 1.29 is 4.79 Å². The smallest absolute Gasteiger partial charge is 0.271 e. The lowest BCUT2D eigenvalue weighted by atomic mass is 10.1. The molecule has 1 saturated heterocycles. The number of hydrogen-bond donors (Lipinski definition) is 2. The average molecular weight is 384 g/mol. The molecule has 0 saturated carbocycles. The normalized spacial score (nSPS) is 15.2. The largest absolute Gasteiger partial charge is 0.369 e. The van der Waals surface area contributed by atoms with Crippen LogP contribution in [0.4, 0.5) is 5.69 Å². The first kappa shape index (κ1) is 20.4. The zero-order valence-electron chi connectivity index (χ0n) is 17.4. The Labute approximate surface area is 168 Å². The van der Waals surface area contributed by atoms with Crippen LogP contribution in [0.25, 0.3) is 0 Å². The molecule has 0 unspecified atom stereocenters. The van der Waals surface area contributed by atoms with Gasteiger partial charge in [0.1, 0.15) is 5.69 Å². The molecule has 0 aliphatic carbocycles. The van der Waals surface area contributed by atoms with Gasteiger partial charge in [0.15, 0.2) is 0 Å². The van der Waals surface area contributed by atoms with Crippen molar-refractivity contribution in [3.05, 3.63) is 47.3 Å². The number of H-pyrrole nitrogens is 1. The van der Waals surface area contributed by atoms with Gasteiger partial charge in [-0.3, -0.25) is 14.8 Å². The van der Waals surface area contributed by atoms with E-state index in [0.717, 1.165) is 51.3 Å². The van der Waals surface area contributed by atoms with Gasteiger partial charge in [-0.1, -0.05) is 26.0 Å². The van der Waals surface area contributed by atoms with Crippen molar-refractivity contribution in [3.8, 4) is 0 Å². The number of nitrogens with one attached hydrogen (secondary N) is 2. The molecule has 1 aliphatic heterocycles. The Morgan fingerprint density at radius 2 is 2.00 bits per heavy atom. The topological polar surface area (TPSA) is 64.3 Å². The Hall–Kier alpha value is -2.34. The molecule has 2 N–H and O–H groups in total. The van der Waals surface area contributed by atoms with Crippen LogP contribution < -0.4 is 10.2 Å². The molecule has 6 heteroatoms. The van der Waals surface area contributed by atoms with Gasteiger partial charge in [0.05, 0.1) is 0 Å². The summed E-state index contributed by atoms with van der Waals surface area (Å²) in [6.07, 6.45) is 1.87. The Bertz CT molecular complexity index is 762. The Morgan fingerprint density at radius 3 is 2.71 bits per heavy atom. The fraction of sp³-hybridized carbons (Fsp3) is 0.545. The number of benzene rings is 1. The molecule has 28 heavy (non-hydrogen) atoms. The van der Waals surface area contributed by atoms with Crippen molar-refractivity contribution in [1.29, 1.82) is 0 Å². The Kier molecular flexibility index (Phi) is 7.09. The van der Waals surface area contributed by atoms with Gasteiger partial charge in [-0.25, -0.2) is 0 Å². The maximum atomic E-state index is 12.2. The van der Waals surface area contributed by atoms with E-state index in [-0.39, 0.29) is 5.91 Å². The summed E-state index contributed by atoms with van der Waals surface area (Å²) < 4.78 is 0. The summed E-state index contributed by atoms with van der Waals surface area (Å²) in [7, 11) is 0. The highest BCUT2D eigenvalue weighted by Gasteiger charge is 2.17. The second-order valence-electron chi connectivity index (χ2n) is 8.15. The van der Waals surface area contributed by atoms with Crippen molar-refractivity contribution in [2.75, 3.05) is 44.2 Å². The van der Waals surface area contributed by atoms with Gasteiger partial charge in [0, 0.05) is 44.1 Å². The van der Waals surface area contributed by atoms with Gasteiger partial charge in [-0.2, -0.15) is 5.10 Å². The predicted octanol–water partition coefficient (Wildman–Crippen LogP) is 2.86. The van der Waals surface area contributed by atoms with Crippen molar-refractivity contribution in [2.24, 2.45) is 5.92 Å². The van der Waals surface area contributed by atoms with E-state index in [1.807, 2.05) is 6.07 Å². The zero-order valence-corrected chi connectivity index (χ0v) is 17.4. The van der Waals surface area contributed by atoms with Crippen molar-refractivity contribution >= 4 is 11.6 Å². The fourth-order valence-corrected chi connectivity index (χ4v) is 3.67. The van der Waals surface area contributed by atoms with Crippen LogP contribution >= 0.6 is 0 Å². The maximum Gasteiger partial charge on any atom is 0.271 e. The third-order valence-corrected chi connectivity index (χ3v) is 5.17. The molecule has 0 spiro atoms. The molecule has 1 aromatic heterocycles. The molecule has 1 aliphatic rings. The SMILES string of the molecule is Cc1cccc(N2CCN(CCCNC(=O)c3cc(CC(C)C)[nH]n3)CC2)c1. The first-order valence-corrected chi connectivity index (χ1v) is 10.4. The summed E-state index contributed by atoms with van der Waals surface area (Å²) in [5.41, 5.74) is 4.14. The van der Waals surface area contributed by atoms with Crippen molar-refractivity contribution in [2.45, 2.75) is 33.6 Å². The van der Waals surface area contributed by atoms with Gasteiger partial charge in [-0.15, -0.1) is 0 Å². The molecule has 0 radical (unpaired) electrons. The van der Waals surface area contributed by atoms with Crippen LogP contribution in [0.2, 0.25) is 0 Å². The average Bonchev–Trinajstić information content (AvgIpc) is 3.13. The molecule has 1 amide bonds. The second-order valence-corrected chi connectivity index (χ2v) is 8.15. The molecule has 1 fully saturated rings. The standard InChI is InChI=1S/C22H33N5O/c1-17(2)14-19-16-21(25-24-19)22(28)23-8-5-9-26-10-12-27(13-11-26)20-7-4-6-18(3)15-20/h4,6-7,15-17H,5,8-14H2,1-3H3,(H,23,28)(H,24,25). The number of rotatable bonds is 8. The molecule has 2 aromatic rings. The number of carbonyl (C=O) groups is 1. The number of piperazine rings is 1. The minimum atomic E-state index is -0.0875. The predicted molar refractivity (Wildman–Crippen MR) is 114 cm³/mol. The summed E-state index contributed by atoms with van der Waals surface area (Å²) in [4.78, 5) is 17.1. The van der Waals surface area contributed by atoms with E-state index in [4.69, 9.17) is 0 Å². The number of carbonyl (C=O) groups excluding carboxylic acids is 1. The Morgan fingerprint density at radius 1 is 1.21 bits per heavy atom. The van der Waals surface area contributed by atoms with Crippen LogP contribution in [0, 0.1) is 12.8 Å². The minimum Gasteiger partial charge on any atom is -0.369 e. The molecule has 3 rings (SSSR count). The molecule has 6 nitrogen and oxygen atoms in total. The number of aromatic amines is 1. The van der Waals surface area contributed by atoms with E-state index in [2.05, 4.69) is 70.4 Å². The first-order chi connectivity index (χ1) is 13.5. The van der Waals surface area contributed by atoms with E-state index < -0.39 is 0 Å². The van der Waals surface area contributed by atoms with Crippen molar-refractivity contribution in [1.82, 2.24) is 20.4 Å². The number of amides is 1. The third-order valence-electron chi connectivity index (χ3n) is 5.17. The van der Waals surface area contributed by atoms with Gasteiger partial charge in [-0.05, 0) is 56.0 Å². The van der Waals surface area contributed by atoms with E-state index in [9.17, 15) is 4.79 Å². The van der Waals surface area contributed by atoms with Crippen LogP contribution in [0.3, 0.4) is 0 Å². The molecule has 0 atom stereocenters. The summed E-state index contributed by atoms with van der Waals surface area (Å²) in [5, 5.41) is 10.1.